The van der Waals surface area contributed by atoms with Gasteiger partial charge in [-0.1, -0.05) is 26.7 Å². The third-order valence-corrected chi connectivity index (χ3v) is 3.98. The Labute approximate surface area is 123 Å². The van der Waals surface area contributed by atoms with E-state index in [9.17, 15) is 4.79 Å². The van der Waals surface area contributed by atoms with Crippen molar-refractivity contribution in [3.05, 3.63) is 0 Å². The molecule has 0 N–H and O–H groups in total. The van der Waals surface area contributed by atoms with Crippen LogP contribution < -0.4 is 0 Å². The van der Waals surface area contributed by atoms with Crippen LogP contribution in [0, 0.1) is 0 Å². The topological polar surface area (TPSA) is 38.8 Å². The largest absolute Gasteiger partial charge is 0.450 e. The summed E-state index contributed by atoms with van der Waals surface area (Å²) in [6.45, 7) is 10.4. The zero-order chi connectivity index (χ0) is 15.0. The van der Waals surface area contributed by atoms with Crippen molar-refractivity contribution < 1.29 is 14.3 Å². The zero-order valence-corrected chi connectivity index (χ0v) is 13.6. The van der Waals surface area contributed by atoms with Crippen LogP contribution in [0.1, 0.15) is 66.2 Å². The lowest BCUT2D eigenvalue weighted by Gasteiger charge is -2.38. The highest BCUT2D eigenvalue weighted by Crippen LogP contribution is 2.28. The molecule has 0 radical (unpaired) electrons. The molecule has 0 bridgehead atoms. The van der Waals surface area contributed by atoms with E-state index in [1.807, 2.05) is 6.92 Å². The van der Waals surface area contributed by atoms with Gasteiger partial charge in [0, 0.05) is 13.1 Å². The summed E-state index contributed by atoms with van der Waals surface area (Å²) in [5, 5.41) is 0. The second-order valence-corrected chi connectivity index (χ2v) is 5.95. The van der Waals surface area contributed by atoms with Gasteiger partial charge in [0.25, 0.3) is 0 Å². The number of carbonyl (C=O) groups is 1. The number of ether oxygens (including phenoxy) is 2. The molecule has 0 aliphatic carbocycles. The average Bonchev–Trinajstić information content (AvgIpc) is 2.40. The summed E-state index contributed by atoms with van der Waals surface area (Å²) < 4.78 is 11.4. The minimum absolute atomic E-state index is 0.000262. The normalized spacial score (nSPS) is 17.3. The number of rotatable bonds is 7. The molecule has 0 spiro atoms. The Morgan fingerprint density at radius 1 is 1.15 bits per heavy atom. The first-order chi connectivity index (χ1) is 9.54. The van der Waals surface area contributed by atoms with Gasteiger partial charge in [0.2, 0.25) is 0 Å². The van der Waals surface area contributed by atoms with Gasteiger partial charge >= 0.3 is 6.09 Å². The van der Waals surface area contributed by atoms with E-state index in [1.165, 1.54) is 0 Å². The summed E-state index contributed by atoms with van der Waals surface area (Å²) in [6.07, 6.45) is 6.46. The quantitative estimate of drug-likeness (QED) is 0.710. The van der Waals surface area contributed by atoms with Crippen molar-refractivity contribution in [3.63, 3.8) is 0 Å². The minimum atomic E-state index is -0.184. The highest BCUT2D eigenvalue weighted by atomic mass is 16.6. The van der Waals surface area contributed by atoms with Gasteiger partial charge in [-0.25, -0.2) is 4.79 Å². The SMILES string of the molecule is CCCC(C)(CCC)OC1CCN(C(=O)OCC)CC1. The Morgan fingerprint density at radius 3 is 2.15 bits per heavy atom. The number of hydrogen-bond donors (Lipinski definition) is 0. The summed E-state index contributed by atoms with van der Waals surface area (Å²) in [7, 11) is 0. The predicted molar refractivity (Wildman–Crippen MR) is 80.9 cm³/mol. The van der Waals surface area contributed by atoms with Crippen LogP contribution in [-0.2, 0) is 9.47 Å². The van der Waals surface area contributed by atoms with Gasteiger partial charge in [-0.3, -0.25) is 0 Å². The summed E-state index contributed by atoms with van der Waals surface area (Å²) in [5.74, 6) is 0. The maximum absolute atomic E-state index is 11.7. The molecule has 1 amide bonds. The van der Waals surface area contributed by atoms with E-state index < -0.39 is 0 Å². The lowest BCUT2D eigenvalue weighted by Crippen LogP contribution is -2.44. The van der Waals surface area contributed by atoms with Gasteiger partial charge in [-0.15, -0.1) is 0 Å². The zero-order valence-electron chi connectivity index (χ0n) is 13.6. The van der Waals surface area contributed by atoms with Crippen molar-refractivity contribution in [1.82, 2.24) is 4.90 Å². The van der Waals surface area contributed by atoms with E-state index in [0.717, 1.165) is 51.6 Å². The molecule has 0 aromatic heterocycles. The lowest BCUT2D eigenvalue weighted by molar-refractivity contribution is -0.109. The highest BCUT2D eigenvalue weighted by molar-refractivity contribution is 5.67. The third kappa shape index (κ3) is 5.31. The third-order valence-electron chi connectivity index (χ3n) is 3.98. The second kappa shape index (κ2) is 8.50. The molecule has 1 rings (SSSR count). The van der Waals surface area contributed by atoms with Crippen molar-refractivity contribution in [2.24, 2.45) is 0 Å². The summed E-state index contributed by atoms with van der Waals surface area (Å²) >= 11 is 0. The Balaban J connectivity index is 2.42. The van der Waals surface area contributed by atoms with E-state index in [-0.39, 0.29) is 17.8 Å². The fourth-order valence-corrected chi connectivity index (χ4v) is 3.07. The van der Waals surface area contributed by atoms with Crippen LogP contribution in [0.5, 0.6) is 0 Å². The molecule has 1 saturated heterocycles. The van der Waals surface area contributed by atoms with Crippen molar-refractivity contribution in [1.29, 1.82) is 0 Å². The van der Waals surface area contributed by atoms with E-state index in [4.69, 9.17) is 9.47 Å². The smallest absolute Gasteiger partial charge is 0.409 e. The Morgan fingerprint density at radius 2 is 1.70 bits per heavy atom. The van der Waals surface area contributed by atoms with Crippen molar-refractivity contribution in [3.8, 4) is 0 Å². The molecule has 4 heteroatoms. The van der Waals surface area contributed by atoms with Gasteiger partial charge in [0.1, 0.15) is 0 Å². The van der Waals surface area contributed by atoms with Gasteiger partial charge < -0.3 is 14.4 Å². The maximum atomic E-state index is 11.7. The molecule has 0 atom stereocenters. The van der Waals surface area contributed by atoms with Crippen LogP contribution in [0.25, 0.3) is 0 Å². The molecule has 1 fully saturated rings. The van der Waals surface area contributed by atoms with Crippen molar-refractivity contribution >= 4 is 6.09 Å². The summed E-state index contributed by atoms with van der Waals surface area (Å²) in [5.41, 5.74) is 0.000262. The number of nitrogens with zero attached hydrogens (tertiary/aromatic N) is 1. The number of hydrogen-bond acceptors (Lipinski definition) is 3. The van der Waals surface area contributed by atoms with Crippen LogP contribution in [-0.4, -0.2) is 42.4 Å². The van der Waals surface area contributed by atoms with E-state index in [1.54, 1.807) is 4.90 Å². The van der Waals surface area contributed by atoms with E-state index >= 15 is 0 Å². The van der Waals surface area contributed by atoms with Crippen LogP contribution in [0.15, 0.2) is 0 Å². The number of piperidine rings is 1. The molecule has 0 unspecified atom stereocenters. The standard InChI is InChI=1S/C16H31NO3/c1-5-10-16(4,11-6-2)20-14-8-12-17(13-9-14)15(18)19-7-3/h14H,5-13H2,1-4H3. The molecule has 20 heavy (non-hydrogen) atoms. The summed E-state index contributed by atoms with van der Waals surface area (Å²) in [6, 6.07) is 0. The van der Waals surface area contributed by atoms with Crippen molar-refractivity contribution in [2.75, 3.05) is 19.7 Å². The maximum Gasteiger partial charge on any atom is 0.409 e. The molecule has 1 heterocycles. The van der Waals surface area contributed by atoms with E-state index in [2.05, 4.69) is 20.8 Å². The molecular formula is C16H31NO3. The molecule has 1 aliphatic rings. The van der Waals surface area contributed by atoms with Gasteiger partial charge in [0.05, 0.1) is 18.3 Å². The first-order valence-corrected chi connectivity index (χ1v) is 8.14. The monoisotopic (exact) mass is 285 g/mol. The van der Waals surface area contributed by atoms with Gasteiger partial charge in [0.15, 0.2) is 0 Å². The lowest BCUT2D eigenvalue weighted by atomic mass is 9.93. The number of carbonyl (C=O) groups excluding carboxylic acids is 1. The molecule has 0 saturated carbocycles. The van der Waals surface area contributed by atoms with Crippen molar-refractivity contribution in [2.45, 2.75) is 77.9 Å². The average molecular weight is 285 g/mol. The Bertz CT molecular complexity index is 279. The summed E-state index contributed by atoms with van der Waals surface area (Å²) in [4.78, 5) is 13.4. The Kier molecular flexibility index (Phi) is 7.35. The molecule has 0 aromatic carbocycles. The fraction of sp³-hybridized carbons (Fsp3) is 0.938. The van der Waals surface area contributed by atoms with Gasteiger partial charge in [-0.2, -0.15) is 0 Å². The van der Waals surface area contributed by atoms with Crippen LogP contribution in [0.2, 0.25) is 0 Å². The highest BCUT2D eigenvalue weighted by Gasteiger charge is 2.30. The fourth-order valence-electron chi connectivity index (χ4n) is 3.07. The number of likely N-dealkylation sites (tertiary alicyclic amines) is 1. The minimum Gasteiger partial charge on any atom is -0.450 e. The molecule has 118 valence electrons. The first-order valence-electron chi connectivity index (χ1n) is 8.14. The molecule has 1 aliphatic heterocycles. The predicted octanol–water partition coefficient (Wildman–Crippen LogP) is 3.98. The molecular weight excluding hydrogens is 254 g/mol. The van der Waals surface area contributed by atoms with Gasteiger partial charge in [-0.05, 0) is 39.5 Å². The second-order valence-electron chi connectivity index (χ2n) is 5.95. The molecule has 0 aromatic rings. The molecule has 4 nitrogen and oxygen atoms in total. The van der Waals surface area contributed by atoms with Crippen LogP contribution in [0.3, 0.4) is 0 Å². The van der Waals surface area contributed by atoms with Crippen LogP contribution >= 0.6 is 0 Å². The first kappa shape index (κ1) is 17.3. The van der Waals surface area contributed by atoms with Crippen LogP contribution in [0.4, 0.5) is 4.79 Å². The van der Waals surface area contributed by atoms with E-state index in [0.29, 0.717) is 6.61 Å². The Hall–Kier alpha value is -0.770. The number of amides is 1.